The number of methoxy groups -OCH3 is 2. The molecule has 4 rings (SSSR count). The summed E-state index contributed by atoms with van der Waals surface area (Å²) in [5, 5.41) is 9.57. The summed E-state index contributed by atoms with van der Waals surface area (Å²) in [5.74, 6) is 1.34. The van der Waals surface area contributed by atoms with Crippen molar-refractivity contribution in [3.05, 3.63) is 62.3 Å². The van der Waals surface area contributed by atoms with Crippen LogP contribution in [-0.2, 0) is 0 Å². The highest BCUT2D eigenvalue weighted by molar-refractivity contribution is 7.99. The first-order chi connectivity index (χ1) is 15.5. The van der Waals surface area contributed by atoms with E-state index in [0.29, 0.717) is 36.6 Å². The van der Waals surface area contributed by atoms with Crippen LogP contribution in [0, 0.1) is 22.2 Å². The van der Waals surface area contributed by atoms with Gasteiger partial charge >= 0.3 is 0 Å². The summed E-state index contributed by atoms with van der Waals surface area (Å²) in [7, 11) is 3.14. The normalized spacial score (nSPS) is 10.8. The van der Waals surface area contributed by atoms with Gasteiger partial charge in [-0.2, -0.15) is 5.26 Å². The van der Waals surface area contributed by atoms with Crippen LogP contribution >= 0.6 is 35.3 Å². The van der Waals surface area contributed by atoms with Crippen molar-refractivity contribution in [2.45, 2.75) is 12.1 Å². The van der Waals surface area contributed by atoms with Crippen LogP contribution in [0.4, 0.5) is 0 Å². The lowest BCUT2D eigenvalue weighted by molar-refractivity contribution is 0.401. The van der Waals surface area contributed by atoms with Crippen LogP contribution in [0.5, 0.6) is 11.5 Å². The largest absolute Gasteiger partial charge is 0.497 e. The molecular weight excluding hydrogens is 464 g/mol. The number of nitriles is 1. The number of hydrogen-bond acceptors (Lipinski definition) is 8. The Balaban J connectivity index is 2.09. The number of hydrogen-bond donors (Lipinski definition) is 0. The molecule has 10 heteroatoms. The molecule has 2 aromatic heterocycles. The molecule has 7 nitrogen and oxygen atoms in total. The summed E-state index contributed by atoms with van der Waals surface area (Å²) >= 11 is 8.03. The number of fused-ring (bicyclic) bond motifs is 1. The number of ether oxygens (including phenoxy) is 2. The molecule has 0 amide bonds. The Morgan fingerprint density at radius 2 is 1.94 bits per heavy atom. The molecule has 0 bridgehead atoms. The van der Waals surface area contributed by atoms with Crippen molar-refractivity contribution >= 4 is 45.7 Å². The van der Waals surface area contributed by atoms with Gasteiger partial charge in [-0.15, -0.1) is 0 Å². The molecule has 2 heterocycles. The van der Waals surface area contributed by atoms with Crippen molar-refractivity contribution in [1.29, 1.82) is 5.26 Å². The summed E-state index contributed by atoms with van der Waals surface area (Å²) in [6, 6.07) is 15.0. The van der Waals surface area contributed by atoms with Gasteiger partial charge in [0.05, 0.1) is 37.4 Å². The van der Waals surface area contributed by atoms with Crippen LogP contribution in [0.1, 0.15) is 5.56 Å². The first kappa shape index (κ1) is 22.1. The van der Waals surface area contributed by atoms with E-state index in [1.165, 1.54) is 23.1 Å². The van der Waals surface area contributed by atoms with Crippen molar-refractivity contribution in [2.24, 2.45) is 0 Å². The molecule has 0 unspecified atom stereocenters. The highest BCUT2D eigenvalue weighted by Gasteiger charge is 2.21. The Hall–Kier alpha value is -3.13. The highest BCUT2D eigenvalue weighted by atomic mass is 32.2. The topological polar surface area (TPSA) is 82.1 Å². The van der Waals surface area contributed by atoms with Gasteiger partial charge in [0.25, 0.3) is 5.56 Å². The molecule has 162 valence electrons. The van der Waals surface area contributed by atoms with E-state index in [2.05, 4.69) is 6.07 Å². The Morgan fingerprint density at radius 1 is 1.16 bits per heavy atom. The lowest BCUT2D eigenvalue weighted by Crippen LogP contribution is -2.22. The Morgan fingerprint density at radius 3 is 2.62 bits per heavy atom. The van der Waals surface area contributed by atoms with Gasteiger partial charge in [0.2, 0.25) is 0 Å². The van der Waals surface area contributed by atoms with Crippen LogP contribution in [0.3, 0.4) is 0 Å². The van der Waals surface area contributed by atoms with Gasteiger partial charge in [-0.25, -0.2) is 4.98 Å². The fraction of sp³-hybridized carbons (Fsp3) is 0.182. The molecule has 0 saturated heterocycles. The van der Waals surface area contributed by atoms with E-state index in [9.17, 15) is 4.79 Å². The maximum atomic E-state index is 13.7. The standard InChI is InChI=1S/C22H18N4O3S3/c1-13-6-4-5-7-15(13)26-20(27)18-19(24-21(26)31-11-10-23)25(22(30)32-18)16-12-14(28-2)8-9-17(16)29-3/h4-9,12H,11H2,1-3H3. The third kappa shape index (κ3) is 3.79. The number of nitrogens with zero attached hydrogens (tertiary/aromatic N) is 4. The van der Waals surface area contributed by atoms with Crippen LogP contribution in [0.15, 0.2) is 52.4 Å². The number of thioether (sulfide) groups is 1. The first-order valence-corrected chi connectivity index (χ1v) is 11.7. The number of rotatable bonds is 6. The molecule has 0 radical (unpaired) electrons. The molecule has 4 aromatic rings. The SMILES string of the molecule is COc1ccc(OC)c(-n2c(=S)sc3c(=O)n(-c4ccccc4C)c(SCC#N)nc32)c1. The van der Waals surface area contributed by atoms with Crippen molar-refractivity contribution in [3.8, 4) is 28.9 Å². The van der Waals surface area contributed by atoms with Crippen molar-refractivity contribution in [3.63, 3.8) is 0 Å². The number of benzene rings is 2. The van der Waals surface area contributed by atoms with Gasteiger partial charge in [0.1, 0.15) is 16.2 Å². The van der Waals surface area contributed by atoms with E-state index in [-0.39, 0.29) is 11.3 Å². The molecular formula is C22H18N4O3S3. The van der Waals surface area contributed by atoms with Gasteiger partial charge in [-0.3, -0.25) is 13.9 Å². The minimum absolute atomic E-state index is 0.150. The third-order valence-electron chi connectivity index (χ3n) is 4.83. The summed E-state index contributed by atoms with van der Waals surface area (Å²) in [6.45, 7) is 1.93. The summed E-state index contributed by atoms with van der Waals surface area (Å²) in [6.07, 6.45) is 0. The van der Waals surface area contributed by atoms with Crippen LogP contribution < -0.4 is 15.0 Å². The average Bonchev–Trinajstić information content (AvgIpc) is 3.14. The maximum absolute atomic E-state index is 13.7. The minimum Gasteiger partial charge on any atom is -0.497 e. The molecule has 0 aliphatic carbocycles. The van der Waals surface area contributed by atoms with Crippen LogP contribution in [0.25, 0.3) is 21.7 Å². The van der Waals surface area contributed by atoms with Crippen molar-refractivity contribution in [2.75, 3.05) is 20.0 Å². The number of para-hydroxylation sites is 1. The quantitative estimate of drug-likeness (QED) is 0.219. The van der Waals surface area contributed by atoms with Gasteiger partial charge in [-0.1, -0.05) is 41.3 Å². The zero-order valence-corrected chi connectivity index (χ0v) is 19.9. The zero-order valence-electron chi connectivity index (χ0n) is 17.5. The van der Waals surface area contributed by atoms with Crippen LogP contribution in [0.2, 0.25) is 0 Å². The predicted molar refractivity (Wildman–Crippen MR) is 130 cm³/mol. The van der Waals surface area contributed by atoms with E-state index in [4.69, 9.17) is 31.9 Å². The number of aromatic nitrogens is 3. The molecule has 0 N–H and O–H groups in total. The van der Waals surface area contributed by atoms with E-state index < -0.39 is 0 Å². The lowest BCUT2D eigenvalue weighted by atomic mass is 10.2. The fourth-order valence-electron chi connectivity index (χ4n) is 3.34. The Kier molecular flexibility index (Phi) is 6.32. The third-order valence-corrected chi connectivity index (χ3v) is 6.98. The smallest absolute Gasteiger partial charge is 0.278 e. The zero-order chi connectivity index (χ0) is 22.8. The molecule has 0 fully saturated rings. The fourth-order valence-corrected chi connectivity index (χ4v) is 5.29. The van der Waals surface area contributed by atoms with Crippen molar-refractivity contribution < 1.29 is 9.47 Å². The van der Waals surface area contributed by atoms with Gasteiger partial charge in [0, 0.05) is 6.07 Å². The molecule has 2 aromatic carbocycles. The Bertz CT molecular complexity index is 1480. The van der Waals surface area contributed by atoms with Gasteiger partial charge in [0.15, 0.2) is 14.8 Å². The monoisotopic (exact) mass is 482 g/mol. The summed E-state index contributed by atoms with van der Waals surface area (Å²) in [5.41, 5.74) is 2.45. The van der Waals surface area contributed by atoms with Gasteiger partial charge in [-0.05, 0) is 42.9 Å². The first-order valence-electron chi connectivity index (χ1n) is 9.47. The summed E-state index contributed by atoms with van der Waals surface area (Å²) in [4.78, 5) is 18.5. The van der Waals surface area contributed by atoms with E-state index in [1.807, 2.05) is 31.2 Å². The van der Waals surface area contributed by atoms with Crippen LogP contribution in [-0.4, -0.2) is 34.1 Å². The highest BCUT2D eigenvalue weighted by Crippen LogP contribution is 2.33. The Labute approximate surface area is 197 Å². The van der Waals surface area contributed by atoms with E-state index in [1.54, 1.807) is 41.6 Å². The second kappa shape index (κ2) is 9.16. The molecule has 0 aliphatic rings. The molecule has 0 atom stereocenters. The molecule has 0 spiro atoms. The predicted octanol–water partition coefficient (Wildman–Crippen LogP) is 4.91. The minimum atomic E-state index is -0.235. The second-order valence-electron chi connectivity index (χ2n) is 6.66. The second-order valence-corrected chi connectivity index (χ2v) is 9.25. The van der Waals surface area contributed by atoms with Crippen molar-refractivity contribution in [1.82, 2.24) is 14.1 Å². The number of thiazole rings is 1. The lowest BCUT2D eigenvalue weighted by Gasteiger charge is -2.15. The average molecular weight is 483 g/mol. The maximum Gasteiger partial charge on any atom is 0.278 e. The molecule has 0 saturated carbocycles. The molecule has 0 aliphatic heterocycles. The number of aryl methyl sites for hydroxylation is 1. The van der Waals surface area contributed by atoms with Gasteiger partial charge < -0.3 is 9.47 Å². The van der Waals surface area contributed by atoms with E-state index in [0.717, 1.165) is 11.3 Å². The molecule has 32 heavy (non-hydrogen) atoms. The summed E-state index contributed by atoms with van der Waals surface area (Å²) < 4.78 is 15.0. The van der Waals surface area contributed by atoms with E-state index >= 15 is 0 Å².